The molecule has 0 unspecified atom stereocenters. The number of guanidine groups is 1. The van der Waals surface area contributed by atoms with Gasteiger partial charge in [-0.2, -0.15) is 13.9 Å². The minimum Gasteiger partial charge on any atom is -0.497 e. The van der Waals surface area contributed by atoms with Crippen molar-refractivity contribution >= 4 is 5.96 Å². The molecule has 0 aliphatic heterocycles. The maximum absolute atomic E-state index is 12.7. The molecule has 0 bridgehead atoms. The van der Waals surface area contributed by atoms with Crippen LogP contribution in [0, 0.1) is 6.92 Å². The Labute approximate surface area is 179 Å². The number of aliphatic imine (C=N–C) groups is 1. The maximum atomic E-state index is 12.7. The molecular formula is C22H25F2N5O2. The Kier molecular flexibility index (Phi) is 7.42. The van der Waals surface area contributed by atoms with Crippen LogP contribution in [-0.4, -0.2) is 36.5 Å². The highest BCUT2D eigenvalue weighted by Gasteiger charge is 2.12. The van der Waals surface area contributed by atoms with Crippen molar-refractivity contribution in [3.05, 3.63) is 71.5 Å². The summed E-state index contributed by atoms with van der Waals surface area (Å²) in [6.07, 6.45) is 1.91. The first kappa shape index (κ1) is 22.1. The first-order valence-electron chi connectivity index (χ1n) is 9.67. The van der Waals surface area contributed by atoms with Gasteiger partial charge in [-0.3, -0.25) is 4.99 Å². The molecule has 0 saturated heterocycles. The van der Waals surface area contributed by atoms with E-state index >= 15 is 0 Å². The molecule has 2 aromatic carbocycles. The highest BCUT2D eigenvalue weighted by molar-refractivity contribution is 5.79. The fraction of sp³-hybridized carbons (Fsp3) is 0.273. The predicted octanol–water partition coefficient (Wildman–Crippen LogP) is 3.66. The minimum absolute atomic E-state index is 0.0816. The zero-order chi connectivity index (χ0) is 22.2. The lowest BCUT2D eigenvalue weighted by molar-refractivity contribution is -0.0504. The monoisotopic (exact) mass is 429 g/mol. The lowest BCUT2D eigenvalue weighted by Gasteiger charge is -2.16. The number of nitrogens with zero attached hydrogens (tertiary/aromatic N) is 3. The summed E-state index contributed by atoms with van der Waals surface area (Å²) in [5.74, 6) is 1.14. The fourth-order valence-corrected chi connectivity index (χ4v) is 3.04. The quantitative estimate of drug-likeness (QED) is 0.422. The number of hydrogen-bond donors (Lipinski definition) is 2. The molecule has 2 N–H and O–H groups in total. The summed E-state index contributed by atoms with van der Waals surface area (Å²) in [5.41, 5.74) is 3.44. The van der Waals surface area contributed by atoms with E-state index < -0.39 is 6.61 Å². The number of benzene rings is 2. The summed E-state index contributed by atoms with van der Waals surface area (Å²) in [6, 6.07) is 14.5. The van der Waals surface area contributed by atoms with Gasteiger partial charge in [-0.1, -0.05) is 18.2 Å². The van der Waals surface area contributed by atoms with Crippen LogP contribution in [0.1, 0.15) is 16.8 Å². The highest BCUT2D eigenvalue weighted by Crippen LogP contribution is 2.25. The Bertz CT molecular complexity index is 1040. The van der Waals surface area contributed by atoms with E-state index in [9.17, 15) is 8.78 Å². The van der Waals surface area contributed by atoms with Gasteiger partial charge in [0, 0.05) is 31.9 Å². The summed E-state index contributed by atoms with van der Waals surface area (Å²) in [7, 11) is 3.15. The number of alkyl halides is 2. The van der Waals surface area contributed by atoms with Crippen molar-refractivity contribution in [2.45, 2.75) is 26.6 Å². The third-order valence-corrected chi connectivity index (χ3v) is 4.56. The molecule has 0 spiro atoms. The molecule has 31 heavy (non-hydrogen) atoms. The third kappa shape index (κ3) is 5.94. The van der Waals surface area contributed by atoms with E-state index in [4.69, 9.17) is 4.74 Å². The van der Waals surface area contributed by atoms with E-state index in [-0.39, 0.29) is 12.3 Å². The van der Waals surface area contributed by atoms with Crippen LogP contribution < -0.4 is 20.1 Å². The van der Waals surface area contributed by atoms with Crippen molar-refractivity contribution in [3.8, 4) is 17.2 Å². The van der Waals surface area contributed by atoms with E-state index in [1.54, 1.807) is 19.2 Å². The molecule has 0 amide bonds. The van der Waals surface area contributed by atoms with Crippen LogP contribution in [0.4, 0.5) is 8.78 Å². The fourth-order valence-electron chi connectivity index (χ4n) is 3.04. The van der Waals surface area contributed by atoms with Crippen molar-refractivity contribution in [2.24, 2.45) is 4.99 Å². The van der Waals surface area contributed by atoms with Gasteiger partial charge in [-0.25, -0.2) is 4.68 Å². The average molecular weight is 429 g/mol. The lowest BCUT2D eigenvalue weighted by Crippen LogP contribution is -2.36. The first-order chi connectivity index (χ1) is 15.0. The van der Waals surface area contributed by atoms with Crippen LogP contribution in [-0.2, 0) is 13.1 Å². The SMILES string of the molecule is CN=C(NCc1cc(OC)ccc1OC(F)F)NCc1ccccc1-n1ccc(C)n1. The molecule has 1 heterocycles. The third-order valence-electron chi connectivity index (χ3n) is 4.56. The van der Waals surface area contributed by atoms with Gasteiger partial charge in [0.15, 0.2) is 5.96 Å². The zero-order valence-electron chi connectivity index (χ0n) is 17.6. The molecule has 3 rings (SSSR count). The number of aryl methyl sites for hydroxylation is 1. The van der Waals surface area contributed by atoms with Gasteiger partial charge in [-0.15, -0.1) is 0 Å². The van der Waals surface area contributed by atoms with Crippen LogP contribution in [0.15, 0.2) is 59.7 Å². The maximum Gasteiger partial charge on any atom is 0.387 e. The Balaban J connectivity index is 1.68. The normalized spacial score (nSPS) is 11.5. The van der Waals surface area contributed by atoms with Crippen LogP contribution >= 0.6 is 0 Å². The molecule has 3 aromatic rings. The molecule has 1 aromatic heterocycles. The van der Waals surface area contributed by atoms with E-state index in [0.717, 1.165) is 16.9 Å². The second-order valence-electron chi connectivity index (χ2n) is 6.66. The van der Waals surface area contributed by atoms with Gasteiger partial charge in [0.1, 0.15) is 11.5 Å². The largest absolute Gasteiger partial charge is 0.497 e. The number of halogens is 2. The van der Waals surface area contributed by atoms with Crippen LogP contribution in [0.25, 0.3) is 5.69 Å². The molecule has 0 aliphatic rings. The van der Waals surface area contributed by atoms with E-state index in [1.165, 1.54) is 13.2 Å². The Morgan fingerprint density at radius 3 is 2.48 bits per heavy atom. The van der Waals surface area contributed by atoms with Gasteiger partial charge in [0.05, 0.1) is 18.5 Å². The minimum atomic E-state index is -2.91. The summed E-state index contributed by atoms with van der Waals surface area (Å²) < 4.78 is 37.1. The van der Waals surface area contributed by atoms with Gasteiger partial charge in [-0.05, 0) is 42.8 Å². The number of ether oxygens (including phenoxy) is 2. The van der Waals surface area contributed by atoms with Crippen LogP contribution in [0.3, 0.4) is 0 Å². The van der Waals surface area contributed by atoms with Crippen molar-refractivity contribution in [2.75, 3.05) is 14.2 Å². The molecule has 7 nitrogen and oxygen atoms in total. The van der Waals surface area contributed by atoms with Crippen LogP contribution in [0.2, 0.25) is 0 Å². The zero-order valence-corrected chi connectivity index (χ0v) is 17.6. The number of rotatable bonds is 8. The molecule has 0 radical (unpaired) electrons. The van der Waals surface area contributed by atoms with Crippen molar-refractivity contribution in [3.63, 3.8) is 0 Å². The van der Waals surface area contributed by atoms with Crippen LogP contribution in [0.5, 0.6) is 11.5 Å². The second kappa shape index (κ2) is 10.4. The standard InChI is InChI=1S/C22H25F2N5O2/c1-15-10-11-29(28-15)19-7-5-4-6-16(19)13-26-22(25-2)27-14-17-12-18(30-3)8-9-20(17)31-21(23)24/h4-12,21H,13-14H2,1-3H3,(H2,25,26,27). The Hall–Kier alpha value is -3.62. The van der Waals surface area contributed by atoms with Crippen molar-refractivity contribution < 1.29 is 18.3 Å². The number of aromatic nitrogens is 2. The van der Waals surface area contributed by atoms with Gasteiger partial charge in [0.25, 0.3) is 0 Å². The summed E-state index contributed by atoms with van der Waals surface area (Å²) >= 11 is 0. The summed E-state index contributed by atoms with van der Waals surface area (Å²) in [6.45, 7) is -0.257. The number of nitrogens with one attached hydrogen (secondary N) is 2. The smallest absolute Gasteiger partial charge is 0.387 e. The molecule has 0 aliphatic carbocycles. The summed E-state index contributed by atoms with van der Waals surface area (Å²) in [4.78, 5) is 4.21. The topological polar surface area (TPSA) is 72.7 Å². The molecular weight excluding hydrogens is 404 g/mol. The second-order valence-corrected chi connectivity index (χ2v) is 6.66. The number of para-hydroxylation sites is 1. The first-order valence-corrected chi connectivity index (χ1v) is 9.67. The summed E-state index contributed by atoms with van der Waals surface area (Å²) in [5, 5.41) is 10.8. The lowest BCUT2D eigenvalue weighted by atomic mass is 10.1. The van der Waals surface area contributed by atoms with Crippen molar-refractivity contribution in [1.82, 2.24) is 20.4 Å². The average Bonchev–Trinajstić information content (AvgIpc) is 3.20. The molecule has 0 fully saturated rings. The van der Waals surface area contributed by atoms with Crippen molar-refractivity contribution in [1.29, 1.82) is 0 Å². The Morgan fingerprint density at radius 1 is 1.10 bits per heavy atom. The molecule has 0 saturated carbocycles. The van der Waals surface area contributed by atoms with E-state index in [2.05, 4.69) is 25.5 Å². The molecule has 0 atom stereocenters. The van der Waals surface area contributed by atoms with Gasteiger partial charge < -0.3 is 20.1 Å². The molecule has 164 valence electrons. The number of methoxy groups -OCH3 is 1. The highest BCUT2D eigenvalue weighted by atomic mass is 19.3. The molecule has 9 heteroatoms. The number of hydrogen-bond acceptors (Lipinski definition) is 4. The van der Waals surface area contributed by atoms with Gasteiger partial charge in [0.2, 0.25) is 0 Å². The van der Waals surface area contributed by atoms with Gasteiger partial charge >= 0.3 is 6.61 Å². The van der Waals surface area contributed by atoms with E-state index in [1.807, 2.05) is 48.1 Å². The predicted molar refractivity (Wildman–Crippen MR) is 115 cm³/mol. The Morgan fingerprint density at radius 2 is 1.84 bits per heavy atom. The van der Waals surface area contributed by atoms with E-state index in [0.29, 0.717) is 23.8 Å².